The Hall–Kier alpha value is -0.670. The first-order valence-corrected chi connectivity index (χ1v) is 6.76. The largest absolute Gasteiger partial charge is 0.324 e. The first-order valence-electron chi connectivity index (χ1n) is 5.96. The molecule has 1 rings (SSSR count). The lowest BCUT2D eigenvalue weighted by molar-refractivity contribution is 0.564. The van der Waals surface area contributed by atoms with Gasteiger partial charge in [0.1, 0.15) is 5.82 Å². The minimum atomic E-state index is -0.231. The van der Waals surface area contributed by atoms with Crippen LogP contribution in [0, 0.1) is 5.82 Å². The highest BCUT2D eigenvalue weighted by atomic mass is 79.9. The average Bonchev–Trinajstić information content (AvgIpc) is 2.32. The van der Waals surface area contributed by atoms with Crippen LogP contribution in [0.15, 0.2) is 35.3 Å². The number of unbranched alkanes of at least 4 members (excludes halogenated alkanes) is 3. The zero-order chi connectivity index (χ0) is 12.7. The maximum Gasteiger partial charge on any atom is 0.123 e. The van der Waals surface area contributed by atoms with Gasteiger partial charge in [0.15, 0.2) is 0 Å². The van der Waals surface area contributed by atoms with E-state index in [1.54, 1.807) is 6.07 Å². The van der Waals surface area contributed by atoms with Gasteiger partial charge in [-0.15, -0.1) is 6.58 Å². The fraction of sp³-hybridized carbons (Fsp3) is 0.429. The Kier molecular flexibility index (Phi) is 6.45. The van der Waals surface area contributed by atoms with E-state index in [0.29, 0.717) is 0 Å². The lowest BCUT2D eigenvalue weighted by Crippen LogP contribution is -2.11. The quantitative estimate of drug-likeness (QED) is 0.572. The van der Waals surface area contributed by atoms with Crippen molar-refractivity contribution in [2.45, 2.75) is 38.1 Å². The molecule has 0 spiro atoms. The van der Waals surface area contributed by atoms with Crippen molar-refractivity contribution in [2.75, 3.05) is 0 Å². The Morgan fingerprint density at radius 1 is 1.35 bits per heavy atom. The fourth-order valence-corrected chi connectivity index (χ4v) is 2.32. The van der Waals surface area contributed by atoms with E-state index in [2.05, 4.69) is 22.5 Å². The summed E-state index contributed by atoms with van der Waals surface area (Å²) in [6.45, 7) is 3.69. The summed E-state index contributed by atoms with van der Waals surface area (Å²) >= 11 is 3.40. The first kappa shape index (κ1) is 14.4. The second-order valence-corrected chi connectivity index (χ2v) is 5.05. The molecule has 1 aromatic carbocycles. The molecule has 0 radical (unpaired) electrons. The number of rotatable bonds is 7. The van der Waals surface area contributed by atoms with E-state index in [9.17, 15) is 4.39 Å². The zero-order valence-corrected chi connectivity index (χ0v) is 11.5. The predicted molar refractivity (Wildman–Crippen MR) is 74.3 cm³/mol. The standard InChI is InChI=1S/C14H19BrFN/c1-2-3-4-5-6-7-14(17)12-10-11(16)8-9-13(12)15/h2,8-10,14H,1,3-7,17H2. The molecule has 94 valence electrons. The van der Waals surface area contributed by atoms with Crippen LogP contribution in [0.5, 0.6) is 0 Å². The van der Waals surface area contributed by atoms with E-state index >= 15 is 0 Å². The molecule has 0 saturated carbocycles. The number of hydrogen-bond acceptors (Lipinski definition) is 1. The SMILES string of the molecule is C=CCCCCCC(N)c1cc(F)ccc1Br. The molecule has 0 heterocycles. The maximum absolute atomic E-state index is 13.1. The van der Waals surface area contributed by atoms with Gasteiger partial charge in [-0.1, -0.05) is 34.8 Å². The Balaban J connectivity index is 2.43. The molecule has 3 heteroatoms. The second-order valence-electron chi connectivity index (χ2n) is 4.20. The smallest absolute Gasteiger partial charge is 0.123 e. The topological polar surface area (TPSA) is 26.0 Å². The van der Waals surface area contributed by atoms with Crippen LogP contribution in [0.25, 0.3) is 0 Å². The van der Waals surface area contributed by atoms with E-state index in [1.165, 1.54) is 12.1 Å². The van der Waals surface area contributed by atoms with E-state index in [-0.39, 0.29) is 11.9 Å². The van der Waals surface area contributed by atoms with Crippen LogP contribution in [0.2, 0.25) is 0 Å². The van der Waals surface area contributed by atoms with Gasteiger partial charge in [-0.3, -0.25) is 0 Å². The number of allylic oxidation sites excluding steroid dienone is 1. The molecule has 0 fully saturated rings. The van der Waals surface area contributed by atoms with Gasteiger partial charge in [-0.2, -0.15) is 0 Å². The first-order chi connectivity index (χ1) is 8.15. The maximum atomic E-state index is 13.1. The number of nitrogens with two attached hydrogens (primary N) is 1. The monoisotopic (exact) mass is 299 g/mol. The number of hydrogen-bond donors (Lipinski definition) is 1. The van der Waals surface area contributed by atoms with Crippen LogP contribution >= 0.6 is 15.9 Å². The van der Waals surface area contributed by atoms with Crippen LogP contribution in [0.3, 0.4) is 0 Å². The normalized spacial score (nSPS) is 12.4. The summed E-state index contributed by atoms with van der Waals surface area (Å²) in [7, 11) is 0. The highest BCUT2D eigenvalue weighted by Crippen LogP contribution is 2.26. The molecule has 0 aliphatic carbocycles. The molecule has 1 aromatic rings. The lowest BCUT2D eigenvalue weighted by atomic mass is 10.0. The van der Waals surface area contributed by atoms with Crippen molar-refractivity contribution in [3.8, 4) is 0 Å². The number of halogens is 2. The van der Waals surface area contributed by atoms with Gasteiger partial charge in [-0.05, 0) is 43.0 Å². The molecule has 0 saturated heterocycles. The molecule has 0 aromatic heterocycles. The molecule has 0 amide bonds. The van der Waals surface area contributed by atoms with E-state index in [1.807, 2.05) is 6.08 Å². The van der Waals surface area contributed by atoms with Crippen molar-refractivity contribution >= 4 is 15.9 Å². The predicted octanol–water partition coefficient (Wildman–Crippen LogP) is 4.72. The molecule has 0 bridgehead atoms. The molecular weight excluding hydrogens is 281 g/mol. The van der Waals surface area contributed by atoms with Crippen LogP contribution in [-0.2, 0) is 0 Å². The van der Waals surface area contributed by atoms with E-state index < -0.39 is 0 Å². The molecule has 1 atom stereocenters. The van der Waals surface area contributed by atoms with Crippen LogP contribution in [-0.4, -0.2) is 0 Å². The van der Waals surface area contributed by atoms with Gasteiger partial charge in [0, 0.05) is 10.5 Å². The molecule has 0 aliphatic heterocycles. The van der Waals surface area contributed by atoms with Gasteiger partial charge in [0.25, 0.3) is 0 Å². The second kappa shape index (κ2) is 7.62. The molecule has 1 unspecified atom stereocenters. The molecular formula is C14H19BrFN. The summed E-state index contributed by atoms with van der Waals surface area (Å²) in [4.78, 5) is 0. The summed E-state index contributed by atoms with van der Waals surface area (Å²) < 4.78 is 14.0. The molecule has 1 nitrogen and oxygen atoms in total. The third kappa shape index (κ3) is 5.00. The van der Waals surface area contributed by atoms with Crippen molar-refractivity contribution in [3.05, 3.63) is 46.7 Å². The van der Waals surface area contributed by atoms with Crippen LogP contribution in [0.1, 0.15) is 43.7 Å². The van der Waals surface area contributed by atoms with E-state index in [4.69, 9.17) is 5.73 Å². The van der Waals surface area contributed by atoms with Crippen molar-refractivity contribution in [2.24, 2.45) is 5.73 Å². The van der Waals surface area contributed by atoms with E-state index in [0.717, 1.165) is 42.1 Å². The molecule has 2 N–H and O–H groups in total. The minimum Gasteiger partial charge on any atom is -0.324 e. The van der Waals surface area contributed by atoms with Gasteiger partial charge >= 0.3 is 0 Å². The highest BCUT2D eigenvalue weighted by Gasteiger charge is 2.10. The summed E-state index contributed by atoms with van der Waals surface area (Å²) in [6.07, 6.45) is 7.24. The Bertz CT molecular complexity index is 365. The lowest BCUT2D eigenvalue weighted by Gasteiger charge is -2.13. The molecule has 0 aliphatic rings. The summed E-state index contributed by atoms with van der Waals surface area (Å²) in [5.74, 6) is -0.231. The molecule has 17 heavy (non-hydrogen) atoms. The van der Waals surface area contributed by atoms with Crippen molar-refractivity contribution in [3.63, 3.8) is 0 Å². The van der Waals surface area contributed by atoms with Gasteiger partial charge < -0.3 is 5.73 Å². The average molecular weight is 300 g/mol. The van der Waals surface area contributed by atoms with Crippen molar-refractivity contribution < 1.29 is 4.39 Å². The Morgan fingerprint density at radius 2 is 2.12 bits per heavy atom. The fourth-order valence-electron chi connectivity index (χ4n) is 1.78. The van der Waals surface area contributed by atoms with Gasteiger partial charge in [-0.25, -0.2) is 4.39 Å². The van der Waals surface area contributed by atoms with Gasteiger partial charge in [0.05, 0.1) is 0 Å². The Morgan fingerprint density at radius 3 is 2.82 bits per heavy atom. The van der Waals surface area contributed by atoms with Crippen molar-refractivity contribution in [1.82, 2.24) is 0 Å². The highest BCUT2D eigenvalue weighted by molar-refractivity contribution is 9.10. The zero-order valence-electron chi connectivity index (χ0n) is 9.96. The van der Waals surface area contributed by atoms with Crippen molar-refractivity contribution in [1.29, 1.82) is 0 Å². The summed E-state index contributed by atoms with van der Waals surface area (Å²) in [5.41, 5.74) is 6.92. The van der Waals surface area contributed by atoms with Crippen LogP contribution in [0.4, 0.5) is 4.39 Å². The number of benzene rings is 1. The Labute approximate surface area is 111 Å². The third-order valence-corrected chi connectivity index (χ3v) is 3.50. The van der Waals surface area contributed by atoms with Gasteiger partial charge in [0.2, 0.25) is 0 Å². The minimum absolute atomic E-state index is 0.0937. The summed E-state index contributed by atoms with van der Waals surface area (Å²) in [5, 5.41) is 0. The third-order valence-electron chi connectivity index (χ3n) is 2.78. The summed E-state index contributed by atoms with van der Waals surface area (Å²) in [6, 6.07) is 4.56. The van der Waals surface area contributed by atoms with Crippen LogP contribution < -0.4 is 5.73 Å².